The molecular weight excluding hydrogens is 648 g/mol. The van der Waals surface area contributed by atoms with E-state index in [-0.39, 0.29) is 36.4 Å². The Kier molecular flexibility index (Phi) is 9.34. The Morgan fingerprint density at radius 2 is 1.94 bits per heavy atom. The highest BCUT2D eigenvalue weighted by Crippen LogP contribution is 2.39. The molecule has 4 heterocycles. The predicted octanol–water partition coefficient (Wildman–Crippen LogP) is 4.65. The van der Waals surface area contributed by atoms with Gasteiger partial charge in [0.15, 0.2) is 0 Å². The minimum absolute atomic E-state index is 0.0302. The maximum atomic E-state index is 15.5. The van der Waals surface area contributed by atoms with Crippen LogP contribution in [-0.4, -0.2) is 73.2 Å². The summed E-state index contributed by atoms with van der Waals surface area (Å²) in [6, 6.07) is 6.00. The molecule has 14 heteroatoms. The van der Waals surface area contributed by atoms with E-state index >= 15 is 4.39 Å². The van der Waals surface area contributed by atoms with Crippen molar-refractivity contribution in [2.75, 3.05) is 38.4 Å². The fraction of sp³-hybridized carbons (Fsp3) is 0.371. The van der Waals surface area contributed by atoms with Crippen LogP contribution >= 0.6 is 0 Å². The van der Waals surface area contributed by atoms with Crippen LogP contribution in [0, 0.1) is 12.7 Å². The van der Waals surface area contributed by atoms with Crippen molar-refractivity contribution in [3.8, 4) is 16.9 Å². The number of halogens is 4. The van der Waals surface area contributed by atoms with Crippen molar-refractivity contribution in [1.82, 2.24) is 14.9 Å². The van der Waals surface area contributed by atoms with E-state index < -0.39 is 48.1 Å². The molecule has 0 unspecified atom stereocenters. The summed E-state index contributed by atoms with van der Waals surface area (Å²) in [5, 5.41) is 3.33. The molecule has 1 N–H and O–H groups in total. The van der Waals surface area contributed by atoms with Crippen LogP contribution in [0.25, 0.3) is 22.0 Å². The van der Waals surface area contributed by atoms with E-state index in [9.17, 15) is 27.6 Å². The average molecular weight is 683 g/mol. The van der Waals surface area contributed by atoms with Gasteiger partial charge in [0, 0.05) is 49.0 Å². The number of hydrogen-bond acceptors (Lipinski definition) is 8. The first-order chi connectivity index (χ1) is 23.4. The van der Waals surface area contributed by atoms with Crippen LogP contribution in [0.2, 0.25) is 0 Å². The number of benzene rings is 2. The van der Waals surface area contributed by atoms with Gasteiger partial charge in [0.05, 0.1) is 43.6 Å². The standard InChI is InChI=1S/C35H34F4N4O6/c1-19-13-22(43-10-12-48-18-29(43)35(37,38)39)16-26(36)30(19)32(44)41-27(34(46)47-3)15-20-6-7-24(31-23(20)5-4-11-49-31)25-14-21-17-40-9-8-28(21)42(2)33(25)45/h6-9,13-14,16-17,27,29H,4-5,10-12,15,18H2,1-3H3,(H,41,44)/t27-,29+/m0/s1. The third kappa shape index (κ3) is 6.56. The first-order valence-corrected chi connectivity index (χ1v) is 15.7. The Labute approximate surface area is 278 Å². The summed E-state index contributed by atoms with van der Waals surface area (Å²) in [5.74, 6) is -2.25. The van der Waals surface area contributed by atoms with Gasteiger partial charge in [-0.25, -0.2) is 9.18 Å². The zero-order valence-corrected chi connectivity index (χ0v) is 27.0. The number of amides is 1. The number of ether oxygens (including phenoxy) is 3. The van der Waals surface area contributed by atoms with E-state index in [4.69, 9.17) is 14.2 Å². The van der Waals surface area contributed by atoms with E-state index in [1.165, 1.54) is 13.0 Å². The van der Waals surface area contributed by atoms with Gasteiger partial charge in [0.25, 0.3) is 11.5 Å². The van der Waals surface area contributed by atoms with Crippen LogP contribution < -0.4 is 20.5 Å². The molecule has 1 fully saturated rings. The van der Waals surface area contributed by atoms with E-state index in [1.807, 2.05) is 0 Å². The largest absolute Gasteiger partial charge is 0.493 e. The molecule has 0 radical (unpaired) electrons. The second-order valence-corrected chi connectivity index (χ2v) is 12.1. The summed E-state index contributed by atoms with van der Waals surface area (Å²) in [6.07, 6.45) is -0.119. The average Bonchev–Trinajstić information content (AvgIpc) is 3.08. The van der Waals surface area contributed by atoms with Crippen molar-refractivity contribution in [2.24, 2.45) is 7.05 Å². The molecule has 0 aliphatic carbocycles. The molecule has 2 aromatic carbocycles. The third-order valence-corrected chi connectivity index (χ3v) is 9.04. The number of carbonyl (C=O) groups is 2. The number of methoxy groups -OCH3 is 1. The SMILES string of the molecule is COC(=O)[C@H](Cc1ccc(-c2cc3cnccc3n(C)c2=O)c2c1CCCO2)NC(=O)c1c(C)cc(N2CCOC[C@@H]2C(F)(F)F)cc1F. The first kappa shape index (κ1) is 33.9. The van der Waals surface area contributed by atoms with Gasteiger partial charge in [-0.1, -0.05) is 12.1 Å². The lowest BCUT2D eigenvalue weighted by Gasteiger charge is -2.38. The molecule has 2 aliphatic heterocycles. The second-order valence-electron chi connectivity index (χ2n) is 12.1. The number of rotatable bonds is 7. The van der Waals surface area contributed by atoms with Crippen molar-refractivity contribution >= 4 is 28.5 Å². The number of carbonyl (C=O) groups excluding carboxylic acids is 2. The van der Waals surface area contributed by atoms with Gasteiger partial charge in [-0.05, 0) is 60.7 Å². The quantitative estimate of drug-likeness (QED) is 0.222. The molecule has 4 aromatic rings. The molecule has 1 saturated heterocycles. The van der Waals surface area contributed by atoms with Gasteiger partial charge in [0.1, 0.15) is 23.7 Å². The predicted molar refractivity (Wildman–Crippen MR) is 172 cm³/mol. The number of esters is 1. The van der Waals surface area contributed by atoms with E-state index in [2.05, 4.69) is 10.3 Å². The van der Waals surface area contributed by atoms with Crippen LogP contribution in [0.4, 0.5) is 23.2 Å². The molecule has 2 aromatic heterocycles. The molecule has 258 valence electrons. The molecule has 0 saturated carbocycles. The number of nitrogens with one attached hydrogen (secondary N) is 1. The normalized spacial score (nSPS) is 16.9. The van der Waals surface area contributed by atoms with Crippen molar-refractivity contribution < 1.29 is 41.4 Å². The van der Waals surface area contributed by atoms with E-state index in [0.29, 0.717) is 41.9 Å². The van der Waals surface area contributed by atoms with Crippen molar-refractivity contribution in [3.63, 3.8) is 0 Å². The van der Waals surface area contributed by atoms with Crippen molar-refractivity contribution in [3.05, 3.63) is 87.2 Å². The number of aromatic nitrogens is 2. The molecule has 1 amide bonds. The number of hydrogen-bond donors (Lipinski definition) is 1. The first-order valence-electron chi connectivity index (χ1n) is 15.7. The number of aryl methyl sites for hydroxylation is 2. The monoisotopic (exact) mass is 682 g/mol. The van der Waals surface area contributed by atoms with E-state index in [0.717, 1.165) is 34.5 Å². The zero-order valence-electron chi connectivity index (χ0n) is 27.0. The van der Waals surface area contributed by atoms with Crippen molar-refractivity contribution in [1.29, 1.82) is 0 Å². The van der Waals surface area contributed by atoms with Crippen LogP contribution in [0.15, 0.2) is 53.6 Å². The van der Waals surface area contributed by atoms with Crippen LogP contribution in [0.3, 0.4) is 0 Å². The van der Waals surface area contributed by atoms with Crippen LogP contribution in [0.1, 0.15) is 33.5 Å². The fourth-order valence-electron chi connectivity index (χ4n) is 6.60. The van der Waals surface area contributed by atoms with Gasteiger partial charge in [-0.2, -0.15) is 13.2 Å². The summed E-state index contributed by atoms with van der Waals surface area (Å²) in [6.45, 7) is 1.15. The Morgan fingerprint density at radius 1 is 1.14 bits per heavy atom. The smallest absolute Gasteiger partial charge is 0.411 e. The Bertz CT molecular complexity index is 1970. The van der Waals surface area contributed by atoms with Gasteiger partial charge in [-0.3, -0.25) is 14.6 Å². The minimum atomic E-state index is -4.61. The highest BCUT2D eigenvalue weighted by atomic mass is 19.4. The Balaban J connectivity index is 1.30. The number of anilines is 1. The zero-order chi connectivity index (χ0) is 35.0. The maximum Gasteiger partial charge on any atom is 0.411 e. The third-order valence-electron chi connectivity index (χ3n) is 9.04. The number of nitrogens with zero attached hydrogens (tertiary/aromatic N) is 3. The Morgan fingerprint density at radius 3 is 2.67 bits per heavy atom. The summed E-state index contributed by atoms with van der Waals surface area (Å²) in [4.78, 5) is 45.1. The van der Waals surface area contributed by atoms with Gasteiger partial charge < -0.3 is 29.0 Å². The van der Waals surface area contributed by atoms with E-state index in [1.54, 1.807) is 48.3 Å². The highest BCUT2D eigenvalue weighted by molar-refractivity contribution is 5.98. The van der Waals surface area contributed by atoms with Crippen molar-refractivity contribution in [2.45, 2.75) is 44.4 Å². The summed E-state index contributed by atoms with van der Waals surface area (Å²) >= 11 is 0. The minimum Gasteiger partial charge on any atom is -0.493 e. The Hall–Kier alpha value is -4.98. The number of morpholine rings is 1. The van der Waals surface area contributed by atoms with Crippen LogP contribution in [0.5, 0.6) is 5.75 Å². The fourth-order valence-corrected chi connectivity index (χ4v) is 6.60. The summed E-state index contributed by atoms with van der Waals surface area (Å²) in [7, 11) is 2.84. The summed E-state index contributed by atoms with van der Waals surface area (Å²) in [5.41, 5.74) is 2.55. The molecular formula is C35H34F4N4O6. The number of fused-ring (bicyclic) bond motifs is 2. The van der Waals surface area contributed by atoms with Crippen LogP contribution in [-0.2, 0) is 34.2 Å². The molecule has 2 aliphatic rings. The molecule has 0 bridgehead atoms. The second kappa shape index (κ2) is 13.5. The topological polar surface area (TPSA) is 112 Å². The lowest BCUT2D eigenvalue weighted by molar-refractivity contribution is -0.167. The molecule has 6 rings (SSSR count). The number of pyridine rings is 2. The lowest BCUT2D eigenvalue weighted by atomic mass is 9.90. The van der Waals surface area contributed by atoms with Gasteiger partial charge >= 0.3 is 12.1 Å². The molecule has 0 spiro atoms. The molecule has 10 nitrogen and oxygen atoms in total. The number of alkyl halides is 3. The molecule has 2 atom stereocenters. The molecule has 49 heavy (non-hydrogen) atoms. The summed E-state index contributed by atoms with van der Waals surface area (Å²) < 4.78 is 74.2. The van der Waals surface area contributed by atoms with Gasteiger partial charge in [0.2, 0.25) is 0 Å². The lowest BCUT2D eigenvalue weighted by Crippen LogP contribution is -2.53. The van der Waals surface area contributed by atoms with Gasteiger partial charge in [-0.15, -0.1) is 0 Å². The highest BCUT2D eigenvalue weighted by Gasteiger charge is 2.45. The maximum absolute atomic E-state index is 15.5.